The first-order chi connectivity index (χ1) is 16.8. The second-order valence-corrected chi connectivity index (χ2v) is 8.56. The summed E-state index contributed by atoms with van der Waals surface area (Å²) in [6.45, 7) is 4.31. The lowest BCUT2D eigenvalue weighted by Gasteiger charge is -2.46. The quantitative estimate of drug-likeness (QED) is 0.392. The summed E-state index contributed by atoms with van der Waals surface area (Å²) in [4.78, 5) is 63.1. The van der Waals surface area contributed by atoms with E-state index in [9.17, 15) is 39.4 Å². The highest BCUT2D eigenvalue weighted by Gasteiger charge is 2.61. The van der Waals surface area contributed by atoms with E-state index in [-0.39, 0.29) is 27.9 Å². The molecule has 2 aromatic rings. The normalized spacial score (nSPS) is 24.1. The number of fused-ring (bicyclic) bond motifs is 4. The summed E-state index contributed by atoms with van der Waals surface area (Å²) in [7, 11) is 0. The topological polar surface area (TPSA) is 182 Å². The molecule has 1 heterocycles. The SMILES string of the molecule is CC(=O)O[C@@H]1c2c(c3c(n2C#N)C(=O)c2c(O)cccc2C3=O)[C@H](O)[C@@H](OC(C)=O)[C@]1(C)OC(C)=O. The van der Waals surface area contributed by atoms with Gasteiger partial charge in [-0.05, 0) is 13.0 Å². The third-order valence-corrected chi connectivity index (χ3v) is 6.16. The molecule has 2 aliphatic rings. The van der Waals surface area contributed by atoms with Crippen molar-refractivity contribution < 1.29 is 48.4 Å². The predicted octanol–water partition coefficient (Wildman–Crippen LogP) is 1.20. The van der Waals surface area contributed by atoms with Gasteiger partial charge in [0.1, 0.15) is 17.5 Å². The number of aliphatic hydroxyl groups is 1. The van der Waals surface area contributed by atoms with E-state index in [2.05, 4.69) is 0 Å². The highest BCUT2D eigenvalue weighted by molar-refractivity contribution is 6.29. The number of ketones is 2. The van der Waals surface area contributed by atoms with Crippen molar-refractivity contribution in [1.29, 1.82) is 5.26 Å². The Hall–Kier alpha value is -4.50. The van der Waals surface area contributed by atoms with E-state index in [0.29, 0.717) is 4.57 Å². The second kappa shape index (κ2) is 8.31. The van der Waals surface area contributed by atoms with Crippen molar-refractivity contribution in [3.05, 3.63) is 51.8 Å². The molecule has 0 fully saturated rings. The van der Waals surface area contributed by atoms with E-state index in [1.807, 2.05) is 0 Å². The number of aliphatic hydroxyl groups excluding tert-OH is 1. The zero-order valence-corrected chi connectivity index (χ0v) is 19.5. The van der Waals surface area contributed by atoms with Crippen LogP contribution in [0.2, 0.25) is 0 Å². The number of aromatic hydroxyl groups is 1. The van der Waals surface area contributed by atoms with Crippen molar-refractivity contribution >= 4 is 29.5 Å². The van der Waals surface area contributed by atoms with Gasteiger partial charge in [-0.3, -0.25) is 24.0 Å². The van der Waals surface area contributed by atoms with Gasteiger partial charge < -0.3 is 24.4 Å². The van der Waals surface area contributed by atoms with Crippen molar-refractivity contribution in [2.45, 2.75) is 51.6 Å². The maximum atomic E-state index is 13.6. The Kier molecular flexibility index (Phi) is 5.69. The van der Waals surface area contributed by atoms with Crippen LogP contribution in [0.15, 0.2) is 18.2 Å². The van der Waals surface area contributed by atoms with Gasteiger partial charge in [-0.25, -0.2) is 4.57 Å². The molecule has 12 heteroatoms. The van der Waals surface area contributed by atoms with Gasteiger partial charge in [-0.1, -0.05) is 12.1 Å². The summed E-state index contributed by atoms with van der Waals surface area (Å²) in [6, 6.07) is 3.83. The molecule has 1 aromatic heterocycles. The molecule has 0 saturated heterocycles. The number of nitrogens with zero attached hydrogens (tertiary/aromatic N) is 2. The zero-order chi connectivity index (χ0) is 26.7. The molecule has 0 spiro atoms. The number of phenols is 1. The number of carbonyl (C=O) groups excluding carboxylic acids is 5. The van der Waals surface area contributed by atoms with Crippen LogP contribution >= 0.6 is 0 Å². The molecule has 4 rings (SSSR count). The van der Waals surface area contributed by atoms with E-state index >= 15 is 0 Å². The van der Waals surface area contributed by atoms with Crippen LogP contribution in [-0.2, 0) is 28.6 Å². The third kappa shape index (κ3) is 3.36. The van der Waals surface area contributed by atoms with E-state index < -0.39 is 64.8 Å². The van der Waals surface area contributed by atoms with Crippen LogP contribution in [0, 0.1) is 11.5 Å². The first kappa shape index (κ1) is 24.6. The second-order valence-electron chi connectivity index (χ2n) is 8.56. The fourth-order valence-electron chi connectivity index (χ4n) is 4.94. The van der Waals surface area contributed by atoms with Gasteiger partial charge in [-0.2, -0.15) is 5.26 Å². The Balaban J connectivity index is 2.13. The summed E-state index contributed by atoms with van der Waals surface area (Å²) in [5.41, 5.74) is -4.11. The van der Waals surface area contributed by atoms with Gasteiger partial charge in [0.25, 0.3) is 0 Å². The fourth-order valence-corrected chi connectivity index (χ4v) is 4.94. The molecule has 186 valence electrons. The van der Waals surface area contributed by atoms with Crippen LogP contribution in [0.5, 0.6) is 5.75 Å². The van der Waals surface area contributed by atoms with Crippen LogP contribution in [0.1, 0.15) is 83.1 Å². The average Bonchev–Trinajstić information content (AvgIpc) is 3.12. The number of nitriles is 1. The Morgan fingerprint density at radius 2 is 1.67 bits per heavy atom. The number of aromatic nitrogens is 1. The summed E-state index contributed by atoms with van der Waals surface area (Å²) >= 11 is 0. The van der Waals surface area contributed by atoms with E-state index in [4.69, 9.17) is 14.2 Å². The molecule has 4 atom stereocenters. The first-order valence-electron chi connectivity index (χ1n) is 10.7. The number of phenolic OH excluding ortho intramolecular Hbond substituents is 1. The highest BCUT2D eigenvalue weighted by Crippen LogP contribution is 2.52. The Morgan fingerprint density at radius 3 is 2.22 bits per heavy atom. The number of ether oxygens (including phenoxy) is 3. The number of carbonyl (C=O) groups is 5. The number of esters is 3. The average molecular weight is 496 g/mol. The molecule has 0 bridgehead atoms. The van der Waals surface area contributed by atoms with Crippen LogP contribution in [-0.4, -0.2) is 56.0 Å². The van der Waals surface area contributed by atoms with Crippen LogP contribution in [0.3, 0.4) is 0 Å². The summed E-state index contributed by atoms with van der Waals surface area (Å²) < 4.78 is 16.8. The molecule has 0 saturated carbocycles. The summed E-state index contributed by atoms with van der Waals surface area (Å²) in [5.74, 6) is -4.90. The van der Waals surface area contributed by atoms with Gasteiger partial charge >= 0.3 is 17.9 Å². The van der Waals surface area contributed by atoms with Gasteiger partial charge in [0.15, 0.2) is 29.8 Å². The largest absolute Gasteiger partial charge is 0.507 e. The molecule has 12 nitrogen and oxygen atoms in total. The number of hydrogen-bond donors (Lipinski definition) is 2. The standard InChI is InChI=1S/C24H20N2O10/c1-9(27)34-22-18-16(21(33)23(35-10(2)28)24(22,4)36-11(3)29)15-17(26(18)8-25)20(32)14-12(19(15)31)6-5-7-13(14)30/h5-7,21-23,30,33H,1-4H3/t21-,22+,23+,24+/m0/s1. The minimum atomic E-state index is -2.08. The van der Waals surface area contributed by atoms with Gasteiger partial charge in [0.2, 0.25) is 5.78 Å². The molecule has 0 radical (unpaired) electrons. The lowest BCUT2D eigenvalue weighted by atomic mass is 9.74. The smallest absolute Gasteiger partial charge is 0.303 e. The lowest BCUT2D eigenvalue weighted by molar-refractivity contribution is -0.230. The monoisotopic (exact) mass is 496 g/mol. The highest BCUT2D eigenvalue weighted by atomic mass is 16.6. The maximum Gasteiger partial charge on any atom is 0.303 e. The van der Waals surface area contributed by atoms with Crippen LogP contribution in [0.4, 0.5) is 0 Å². The van der Waals surface area contributed by atoms with Crippen molar-refractivity contribution in [3.8, 4) is 11.9 Å². The van der Waals surface area contributed by atoms with Gasteiger partial charge in [-0.15, -0.1) is 0 Å². The van der Waals surface area contributed by atoms with E-state index in [1.165, 1.54) is 25.1 Å². The van der Waals surface area contributed by atoms with E-state index in [0.717, 1.165) is 20.8 Å². The first-order valence-corrected chi connectivity index (χ1v) is 10.7. The summed E-state index contributed by atoms with van der Waals surface area (Å²) in [5, 5.41) is 31.7. The van der Waals surface area contributed by atoms with Crippen LogP contribution in [0.25, 0.3) is 0 Å². The molecule has 0 aliphatic heterocycles. The molecule has 0 amide bonds. The van der Waals surface area contributed by atoms with Crippen LogP contribution < -0.4 is 0 Å². The van der Waals surface area contributed by atoms with Gasteiger partial charge in [0, 0.05) is 31.9 Å². The van der Waals surface area contributed by atoms with Crippen molar-refractivity contribution in [2.24, 2.45) is 0 Å². The zero-order valence-electron chi connectivity index (χ0n) is 19.5. The number of hydrogen-bond acceptors (Lipinski definition) is 11. The molecular weight excluding hydrogens is 476 g/mol. The van der Waals surface area contributed by atoms with Crippen molar-refractivity contribution in [2.75, 3.05) is 0 Å². The Labute approximate surface area is 203 Å². The minimum Gasteiger partial charge on any atom is -0.507 e. The Bertz CT molecular complexity index is 1410. The van der Waals surface area contributed by atoms with Gasteiger partial charge in [0.05, 0.1) is 16.8 Å². The van der Waals surface area contributed by atoms with Crippen molar-refractivity contribution in [3.63, 3.8) is 0 Å². The third-order valence-electron chi connectivity index (χ3n) is 6.16. The van der Waals surface area contributed by atoms with E-state index in [1.54, 1.807) is 6.19 Å². The minimum absolute atomic E-state index is 0.181. The molecule has 2 aliphatic carbocycles. The molecule has 0 unspecified atom stereocenters. The molecule has 36 heavy (non-hydrogen) atoms. The summed E-state index contributed by atoms with van der Waals surface area (Å²) in [6.07, 6.45) is -3.54. The molecule has 2 N–H and O–H groups in total. The molecular formula is C24H20N2O10. The number of benzene rings is 1. The fraction of sp³-hybridized carbons (Fsp3) is 0.333. The maximum absolute atomic E-state index is 13.6. The predicted molar refractivity (Wildman–Crippen MR) is 116 cm³/mol. The number of rotatable bonds is 3. The molecule has 1 aromatic carbocycles. The van der Waals surface area contributed by atoms with Crippen molar-refractivity contribution in [1.82, 2.24) is 4.57 Å². The lowest BCUT2D eigenvalue weighted by Crippen LogP contribution is -2.57. The Morgan fingerprint density at radius 1 is 1.03 bits per heavy atom.